The van der Waals surface area contributed by atoms with Crippen molar-refractivity contribution < 1.29 is 39.4 Å². The van der Waals surface area contributed by atoms with Crippen molar-refractivity contribution in [1.29, 1.82) is 0 Å². The molecule has 4 N–H and O–H groups in total. The zero-order valence-corrected chi connectivity index (χ0v) is 18.5. The zero-order chi connectivity index (χ0) is 23.2. The van der Waals surface area contributed by atoms with E-state index < -0.39 is 36.8 Å². The van der Waals surface area contributed by atoms with Gasteiger partial charge in [-0.2, -0.15) is 0 Å². The standard InChI is InChI=1S/C25H30O8/c1-30-25(24(29)23(28)22(27)21(13-26)33-25)17-5-6-18(15-3-4-15)16(12-17)10-14-2-7-19-20(11-14)32-9-8-31-19/h2,5-7,11-12,15,21-24,26-29H,3-4,8-10,13H2,1H3/t21-,22-,23+,24-,25?/m1/s1. The molecule has 1 aliphatic carbocycles. The van der Waals surface area contributed by atoms with E-state index in [4.69, 9.17) is 18.9 Å². The van der Waals surface area contributed by atoms with Gasteiger partial charge in [0.1, 0.15) is 37.6 Å². The number of aliphatic hydroxyl groups excluding tert-OH is 4. The molecule has 5 atom stereocenters. The quantitative estimate of drug-likeness (QED) is 0.510. The van der Waals surface area contributed by atoms with Crippen LogP contribution in [-0.2, 0) is 21.7 Å². The van der Waals surface area contributed by atoms with Gasteiger partial charge in [0.05, 0.1) is 6.61 Å². The molecule has 8 nitrogen and oxygen atoms in total. The second-order valence-corrected chi connectivity index (χ2v) is 8.98. The van der Waals surface area contributed by atoms with E-state index in [2.05, 4.69) is 0 Å². The van der Waals surface area contributed by atoms with E-state index in [0.717, 1.165) is 35.5 Å². The molecule has 3 aliphatic rings. The van der Waals surface area contributed by atoms with Crippen molar-refractivity contribution in [2.24, 2.45) is 0 Å². The predicted octanol–water partition coefficient (Wildman–Crippen LogP) is 1.20. The minimum atomic E-state index is -1.73. The van der Waals surface area contributed by atoms with Gasteiger partial charge in [0.15, 0.2) is 11.5 Å². The van der Waals surface area contributed by atoms with Gasteiger partial charge in [-0.25, -0.2) is 0 Å². The lowest BCUT2D eigenvalue weighted by atomic mass is 9.85. The first-order valence-electron chi connectivity index (χ1n) is 11.4. The lowest BCUT2D eigenvalue weighted by Crippen LogP contribution is -2.64. The summed E-state index contributed by atoms with van der Waals surface area (Å²) in [7, 11) is 1.37. The number of rotatable bonds is 6. The Balaban J connectivity index is 1.52. The molecule has 1 saturated carbocycles. The normalized spacial score (nSPS) is 31.4. The largest absolute Gasteiger partial charge is 0.486 e. The summed E-state index contributed by atoms with van der Waals surface area (Å²) in [6, 6.07) is 11.7. The molecule has 178 valence electrons. The Hall–Kier alpha value is -2.20. The molecule has 2 aromatic carbocycles. The van der Waals surface area contributed by atoms with Gasteiger partial charge in [-0.15, -0.1) is 0 Å². The van der Waals surface area contributed by atoms with Gasteiger partial charge < -0.3 is 39.4 Å². The molecule has 1 saturated heterocycles. The first-order chi connectivity index (χ1) is 16.0. The van der Waals surface area contributed by atoms with E-state index in [1.54, 1.807) is 0 Å². The number of methoxy groups -OCH3 is 1. The number of benzene rings is 2. The maximum absolute atomic E-state index is 10.9. The van der Waals surface area contributed by atoms with E-state index >= 15 is 0 Å². The third-order valence-electron chi connectivity index (χ3n) is 6.82. The highest BCUT2D eigenvalue weighted by molar-refractivity contribution is 5.47. The van der Waals surface area contributed by atoms with E-state index in [9.17, 15) is 20.4 Å². The molecule has 33 heavy (non-hydrogen) atoms. The van der Waals surface area contributed by atoms with Gasteiger partial charge in [0.2, 0.25) is 5.79 Å². The van der Waals surface area contributed by atoms with Crippen LogP contribution >= 0.6 is 0 Å². The van der Waals surface area contributed by atoms with Crippen molar-refractivity contribution in [2.45, 2.75) is 55.4 Å². The summed E-state index contributed by atoms with van der Waals surface area (Å²) in [6.45, 7) is 0.530. The summed E-state index contributed by atoms with van der Waals surface area (Å²) in [4.78, 5) is 0. The molecule has 2 fully saturated rings. The van der Waals surface area contributed by atoms with Crippen LogP contribution in [0.2, 0.25) is 0 Å². The maximum atomic E-state index is 10.9. The smallest absolute Gasteiger partial charge is 0.224 e. The minimum Gasteiger partial charge on any atom is -0.486 e. The fraction of sp³-hybridized carbons (Fsp3) is 0.520. The zero-order valence-electron chi connectivity index (χ0n) is 18.5. The number of aliphatic hydroxyl groups is 4. The first-order valence-corrected chi connectivity index (χ1v) is 11.4. The Labute approximate surface area is 192 Å². The molecule has 2 aliphatic heterocycles. The molecule has 2 aromatic rings. The molecule has 0 amide bonds. The van der Waals surface area contributed by atoms with Crippen molar-refractivity contribution in [1.82, 2.24) is 0 Å². The van der Waals surface area contributed by atoms with Crippen LogP contribution in [0.3, 0.4) is 0 Å². The molecular weight excluding hydrogens is 428 g/mol. The van der Waals surface area contributed by atoms with Crippen LogP contribution in [0.25, 0.3) is 0 Å². The lowest BCUT2D eigenvalue weighted by molar-refractivity contribution is -0.366. The van der Waals surface area contributed by atoms with E-state index in [1.165, 1.54) is 12.7 Å². The Kier molecular flexibility index (Phi) is 6.07. The molecule has 0 bridgehead atoms. The molecular formula is C25H30O8. The van der Waals surface area contributed by atoms with Crippen molar-refractivity contribution in [3.05, 3.63) is 58.7 Å². The van der Waals surface area contributed by atoms with E-state index in [0.29, 0.717) is 31.1 Å². The molecule has 5 rings (SSSR count). The van der Waals surface area contributed by atoms with Gasteiger partial charge in [0, 0.05) is 12.7 Å². The molecule has 8 heteroatoms. The average Bonchev–Trinajstić information content (AvgIpc) is 3.68. The average molecular weight is 459 g/mol. The fourth-order valence-electron chi connectivity index (χ4n) is 4.85. The van der Waals surface area contributed by atoms with Crippen molar-refractivity contribution in [2.75, 3.05) is 26.9 Å². The van der Waals surface area contributed by atoms with E-state index in [-0.39, 0.29) is 0 Å². The van der Waals surface area contributed by atoms with Crippen LogP contribution in [0.5, 0.6) is 11.5 Å². The Morgan fingerprint density at radius 2 is 1.73 bits per heavy atom. The van der Waals surface area contributed by atoms with Crippen LogP contribution in [0.15, 0.2) is 36.4 Å². The Morgan fingerprint density at radius 1 is 0.970 bits per heavy atom. The summed E-state index contributed by atoms with van der Waals surface area (Å²) in [5.74, 6) is 0.223. The summed E-state index contributed by atoms with van der Waals surface area (Å²) >= 11 is 0. The molecule has 1 unspecified atom stereocenters. The highest BCUT2D eigenvalue weighted by atomic mass is 16.7. The van der Waals surface area contributed by atoms with Crippen LogP contribution in [0.1, 0.15) is 41.0 Å². The SMILES string of the molecule is COC1(c2ccc(C3CC3)c(Cc3ccc4c(c3)OCCO4)c2)O[C@H](CO)[C@@H](O)[C@H](O)[C@H]1O. The third kappa shape index (κ3) is 4.01. The number of fused-ring (bicyclic) bond motifs is 1. The molecule has 0 spiro atoms. The summed E-state index contributed by atoms with van der Waals surface area (Å²) in [6.07, 6.45) is -2.75. The topological polar surface area (TPSA) is 118 Å². The fourth-order valence-corrected chi connectivity index (χ4v) is 4.85. The van der Waals surface area contributed by atoms with Gasteiger partial charge >= 0.3 is 0 Å². The van der Waals surface area contributed by atoms with Crippen LogP contribution in [0, 0.1) is 0 Å². The minimum absolute atomic E-state index is 0.486. The first kappa shape index (κ1) is 22.6. The highest BCUT2D eigenvalue weighted by Gasteiger charge is 2.55. The lowest BCUT2D eigenvalue weighted by Gasteiger charge is -2.47. The van der Waals surface area contributed by atoms with E-state index in [1.807, 2.05) is 36.4 Å². The van der Waals surface area contributed by atoms with Crippen LogP contribution < -0.4 is 9.47 Å². The summed E-state index contributed by atoms with van der Waals surface area (Å²) in [5.41, 5.74) is 3.85. The number of ether oxygens (including phenoxy) is 4. The third-order valence-corrected chi connectivity index (χ3v) is 6.82. The molecule has 2 heterocycles. The van der Waals surface area contributed by atoms with Crippen molar-refractivity contribution >= 4 is 0 Å². The monoisotopic (exact) mass is 458 g/mol. The molecule has 0 aromatic heterocycles. The number of hydrogen-bond acceptors (Lipinski definition) is 8. The molecule has 0 radical (unpaired) electrons. The number of hydrogen-bond donors (Lipinski definition) is 4. The second-order valence-electron chi connectivity index (χ2n) is 8.98. The van der Waals surface area contributed by atoms with Crippen LogP contribution in [-0.4, -0.2) is 71.8 Å². The predicted molar refractivity (Wildman–Crippen MR) is 117 cm³/mol. The summed E-state index contributed by atoms with van der Waals surface area (Å²) in [5, 5.41) is 41.1. The second kappa shape index (κ2) is 8.87. The van der Waals surface area contributed by atoms with Gasteiger partial charge in [-0.05, 0) is 60.1 Å². The van der Waals surface area contributed by atoms with Gasteiger partial charge in [-0.1, -0.05) is 18.2 Å². The summed E-state index contributed by atoms with van der Waals surface area (Å²) < 4.78 is 22.9. The Morgan fingerprint density at radius 3 is 2.42 bits per heavy atom. The van der Waals surface area contributed by atoms with Gasteiger partial charge in [0.25, 0.3) is 0 Å². The van der Waals surface area contributed by atoms with Crippen LogP contribution in [0.4, 0.5) is 0 Å². The van der Waals surface area contributed by atoms with Crippen molar-refractivity contribution in [3.63, 3.8) is 0 Å². The maximum Gasteiger partial charge on any atom is 0.224 e. The van der Waals surface area contributed by atoms with Gasteiger partial charge in [-0.3, -0.25) is 0 Å². The highest BCUT2D eigenvalue weighted by Crippen LogP contribution is 2.45. The van der Waals surface area contributed by atoms with Crippen molar-refractivity contribution in [3.8, 4) is 11.5 Å². The Bertz CT molecular complexity index is 1000.